The summed E-state index contributed by atoms with van der Waals surface area (Å²) in [6, 6.07) is 13.8. The van der Waals surface area contributed by atoms with Crippen molar-refractivity contribution in [2.24, 2.45) is 0 Å². The highest BCUT2D eigenvalue weighted by Gasteiger charge is 2.29. The van der Waals surface area contributed by atoms with Crippen LogP contribution < -0.4 is 0 Å². The van der Waals surface area contributed by atoms with Crippen molar-refractivity contribution in [2.45, 2.75) is 12.8 Å². The number of hydrogen-bond donors (Lipinski definition) is 1. The molecule has 4 rings (SSSR count). The first kappa shape index (κ1) is 20.0. The molecule has 0 spiro atoms. The number of Topliss-reactive ketones (excluding diaryl/α,β-unsaturated/α-hetero) is 1. The molecule has 1 aliphatic heterocycles. The number of benzene rings is 2. The van der Waals surface area contributed by atoms with Gasteiger partial charge in [0.1, 0.15) is 5.52 Å². The summed E-state index contributed by atoms with van der Waals surface area (Å²) >= 11 is 0. The lowest BCUT2D eigenvalue weighted by molar-refractivity contribution is -0.383. The van der Waals surface area contributed by atoms with Crippen LogP contribution in [0.25, 0.3) is 21.4 Å². The van der Waals surface area contributed by atoms with Crippen molar-refractivity contribution < 1.29 is 14.5 Å². The summed E-state index contributed by atoms with van der Waals surface area (Å²) in [5.74, 6) is -1.34. The van der Waals surface area contributed by atoms with Gasteiger partial charge in [-0.25, -0.2) is 4.85 Å². The quantitative estimate of drug-likeness (QED) is 0.227. The molecule has 154 valence electrons. The van der Waals surface area contributed by atoms with Gasteiger partial charge in [-0.1, -0.05) is 48.0 Å². The Kier molecular flexibility index (Phi) is 5.33. The van der Waals surface area contributed by atoms with Crippen molar-refractivity contribution in [3.05, 3.63) is 93.0 Å². The Bertz CT molecular complexity index is 1260. The number of rotatable bonds is 4. The lowest BCUT2D eigenvalue weighted by Gasteiger charge is -2.28. The number of hydrogen-bond acceptors (Lipinski definition) is 4. The molecule has 0 atom stereocenters. The number of nitrogens with one attached hydrogen (secondary N) is 1. The number of non-ortho nitro benzene ring substituents is 1. The Morgan fingerprint density at radius 2 is 1.77 bits per heavy atom. The zero-order chi connectivity index (χ0) is 22.0. The molecular weight excluding hydrogens is 396 g/mol. The minimum atomic E-state index is -0.701. The zero-order valence-corrected chi connectivity index (χ0v) is 16.5. The molecule has 0 unspecified atom stereocenters. The summed E-state index contributed by atoms with van der Waals surface area (Å²) in [5, 5.41) is 11.5. The fourth-order valence-corrected chi connectivity index (χ4v) is 3.90. The smallest absolute Gasteiger partial charge is 0.295 e. The molecule has 2 heterocycles. The standard InChI is InChI=1S/C23H18N4O4/c1-24-20(15-6-3-2-4-7-15)16-10-12-26(13-11-16)23(29)22(28)18-14-25-21-17(18)8-5-9-19(21)27(30)31/h2-9,14,25H,10-13H2. The summed E-state index contributed by atoms with van der Waals surface area (Å²) in [6.45, 7) is 8.22. The van der Waals surface area contributed by atoms with E-state index in [-0.39, 0.29) is 16.8 Å². The molecule has 1 amide bonds. The normalized spacial score (nSPS) is 13.6. The average molecular weight is 414 g/mol. The number of amides is 1. The molecule has 1 saturated heterocycles. The monoisotopic (exact) mass is 414 g/mol. The molecule has 0 bridgehead atoms. The number of aromatic amines is 1. The minimum Gasteiger partial charge on any atom is -0.355 e. The lowest BCUT2D eigenvalue weighted by atomic mass is 9.97. The second-order valence-corrected chi connectivity index (χ2v) is 7.21. The first-order chi connectivity index (χ1) is 15.0. The highest BCUT2D eigenvalue weighted by atomic mass is 16.6. The van der Waals surface area contributed by atoms with Crippen LogP contribution in [-0.4, -0.2) is 39.6 Å². The number of nitro groups is 1. The highest BCUT2D eigenvalue weighted by molar-refractivity contribution is 6.45. The molecule has 1 aromatic heterocycles. The van der Waals surface area contributed by atoms with Crippen molar-refractivity contribution in [3.8, 4) is 0 Å². The third kappa shape index (κ3) is 3.69. The third-order valence-electron chi connectivity index (χ3n) is 5.48. The predicted molar refractivity (Wildman–Crippen MR) is 115 cm³/mol. The largest absolute Gasteiger partial charge is 0.355 e. The van der Waals surface area contributed by atoms with Gasteiger partial charge in [-0.2, -0.15) is 0 Å². The van der Waals surface area contributed by atoms with Gasteiger partial charge in [0.15, 0.2) is 5.70 Å². The SMILES string of the molecule is [C-]#[N+]C(=C1CCN(C(=O)C(=O)c2c[nH]c3c([N+](=O)[O-])cccc23)CC1)c1ccccc1. The van der Waals surface area contributed by atoms with Gasteiger partial charge in [-0.3, -0.25) is 19.7 Å². The molecule has 2 aromatic carbocycles. The van der Waals surface area contributed by atoms with Crippen molar-refractivity contribution in [1.82, 2.24) is 9.88 Å². The maximum Gasteiger partial charge on any atom is 0.295 e. The Balaban J connectivity index is 1.53. The molecule has 0 saturated carbocycles. The molecule has 1 fully saturated rings. The van der Waals surface area contributed by atoms with E-state index in [1.807, 2.05) is 30.3 Å². The van der Waals surface area contributed by atoms with Gasteiger partial charge < -0.3 is 9.88 Å². The molecule has 8 nitrogen and oxygen atoms in total. The molecule has 0 aliphatic carbocycles. The summed E-state index contributed by atoms with van der Waals surface area (Å²) in [4.78, 5) is 44.3. The molecule has 1 N–H and O–H groups in total. The van der Waals surface area contributed by atoms with Gasteiger partial charge in [-0.05, 0) is 18.4 Å². The van der Waals surface area contributed by atoms with Crippen molar-refractivity contribution in [2.75, 3.05) is 13.1 Å². The van der Waals surface area contributed by atoms with E-state index in [1.54, 1.807) is 6.07 Å². The third-order valence-corrected chi connectivity index (χ3v) is 5.48. The number of nitro benzene ring substituents is 1. The Morgan fingerprint density at radius 1 is 1.06 bits per heavy atom. The van der Waals surface area contributed by atoms with E-state index in [0.29, 0.717) is 37.0 Å². The minimum absolute atomic E-state index is 0.121. The number of aromatic nitrogens is 1. The number of piperidine rings is 1. The number of carbonyl (C=O) groups excluding carboxylic acids is 2. The number of nitrogens with zero attached hydrogens (tertiary/aromatic N) is 3. The van der Waals surface area contributed by atoms with Crippen LogP contribution in [0.2, 0.25) is 0 Å². The van der Waals surface area contributed by atoms with Gasteiger partial charge in [-0.15, -0.1) is 0 Å². The number of fused-ring (bicyclic) bond motifs is 1. The number of para-hydroxylation sites is 1. The van der Waals surface area contributed by atoms with E-state index in [0.717, 1.165) is 11.1 Å². The van der Waals surface area contributed by atoms with Gasteiger partial charge in [0.05, 0.1) is 17.1 Å². The van der Waals surface area contributed by atoms with Gasteiger partial charge in [0, 0.05) is 30.7 Å². The first-order valence-corrected chi connectivity index (χ1v) is 9.74. The maximum atomic E-state index is 12.9. The molecule has 3 aromatic rings. The van der Waals surface area contributed by atoms with Crippen LogP contribution in [-0.2, 0) is 4.79 Å². The van der Waals surface area contributed by atoms with E-state index in [9.17, 15) is 19.7 Å². The topological polar surface area (TPSA) is 101 Å². The van der Waals surface area contributed by atoms with Crippen LogP contribution in [0, 0.1) is 16.7 Å². The summed E-state index contributed by atoms with van der Waals surface area (Å²) in [5.41, 5.74) is 2.62. The fourth-order valence-electron chi connectivity index (χ4n) is 3.90. The summed E-state index contributed by atoms with van der Waals surface area (Å²) in [6.07, 6.45) is 2.38. The fraction of sp³-hybridized carbons (Fsp3) is 0.174. The van der Waals surface area contributed by atoms with Crippen molar-refractivity contribution >= 4 is 34.0 Å². The number of H-pyrrole nitrogens is 1. The van der Waals surface area contributed by atoms with E-state index in [2.05, 4.69) is 9.83 Å². The highest BCUT2D eigenvalue weighted by Crippen LogP contribution is 2.30. The summed E-state index contributed by atoms with van der Waals surface area (Å²) < 4.78 is 0. The van der Waals surface area contributed by atoms with Crippen LogP contribution in [0.4, 0.5) is 5.69 Å². The van der Waals surface area contributed by atoms with Crippen LogP contribution in [0.1, 0.15) is 28.8 Å². The lowest BCUT2D eigenvalue weighted by Crippen LogP contribution is -2.40. The van der Waals surface area contributed by atoms with Crippen molar-refractivity contribution in [1.29, 1.82) is 0 Å². The Labute approximate surface area is 177 Å². The number of carbonyl (C=O) groups is 2. The van der Waals surface area contributed by atoms with E-state index in [4.69, 9.17) is 6.57 Å². The molecule has 0 radical (unpaired) electrons. The number of ketones is 1. The summed E-state index contributed by atoms with van der Waals surface area (Å²) in [7, 11) is 0. The second-order valence-electron chi connectivity index (χ2n) is 7.21. The average Bonchev–Trinajstić information content (AvgIpc) is 3.24. The molecule has 31 heavy (non-hydrogen) atoms. The van der Waals surface area contributed by atoms with Crippen LogP contribution in [0.3, 0.4) is 0 Å². The molecular formula is C23H18N4O4. The van der Waals surface area contributed by atoms with Gasteiger partial charge >= 0.3 is 0 Å². The molecule has 1 aliphatic rings. The Morgan fingerprint density at radius 3 is 2.42 bits per heavy atom. The first-order valence-electron chi connectivity index (χ1n) is 9.74. The van der Waals surface area contributed by atoms with Crippen LogP contribution in [0.5, 0.6) is 0 Å². The van der Waals surface area contributed by atoms with Gasteiger partial charge in [0.25, 0.3) is 17.4 Å². The molecule has 8 heteroatoms. The second kappa shape index (κ2) is 8.24. The number of likely N-dealkylation sites (tertiary alicyclic amines) is 1. The predicted octanol–water partition coefficient (Wildman–Crippen LogP) is 4.21. The van der Waals surface area contributed by atoms with Gasteiger partial charge in [0.2, 0.25) is 0 Å². The van der Waals surface area contributed by atoms with E-state index < -0.39 is 16.6 Å². The van der Waals surface area contributed by atoms with E-state index in [1.165, 1.54) is 23.2 Å². The zero-order valence-electron chi connectivity index (χ0n) is 16.5. The van der Waals surface area contributed by atoms with E-state index >= 15 is 0 Å². The van der Waals surface area contributed by atoms with Crippen LogP contribution >= 0.6 is 0 Å². The Hall–Kier alpha value is -4.25. The van der Waals surface area contributed by atoms with Crippen molar-refractivity contribution in [3.63, 3.8) is 0 Å². The maximum absolute atomic E-state index is 12.9. The van der Waals surface area contributed by atoms with Crippen LogP contribution in [0.15, 0.2) is 60.3 Å².